The summed E-state index contributed by atoms with van der Waals surface area (Å²) in [6.07, 6.45) is 2.01. The lowest BCUT2D eigenvalue weighted by Crippen LogP contribution is -2.31. The molecule has 1 unspecified atom stereocenters. The molecule has 3 N–H and O–H groups in total. The van der Waals surface area contributed by atoms with Gasteiger partial charge in [0, 0.05) is 5.75 Å². The van der Waals surface area contributed by atoms with Crippen molar-refractivity contribution in [3.8, 4) is 0 Å². The minimum atomic E-state index is -1.11. The molecule has 1 atom stereocenters. The molecule has 0 heterocycles. The van der Waals surface area contributed by atoms with Crippen LogP contribution in [0.15, 0.2) is 12.2 Å². The van der Waals surface area contributed by atoms with Crippen molar-refractivity contribution in [1.29, 1.82) is 0 Å². The molecular weight excluding hydrogens is 206 g/mol. The number of thiol groups is 1. The normalized spacial score (nSPS) is 12.7. The van der Waals surface area contributed by atoms with E-state index in [1.54, 1.807) is 6.08 Å². The molecule has 0 aromatic rings. The molecule has 5 nitrogen and oxygen atoms in total. The van der Waals surface area contributed by atoms with Gasteiger partial charge in [0.05, 0.1) is 12.5 Å². The molecule has 0 aliphatic carbocycles. The second-order valence-corrected chi connectivity index (χ2v) is 2.92. The van der Waals surface area contributed by atoms with Crippen molar-refractivity contribution >= 4 is 24.5 Å². The molecule has 0 fully saturated rings. The van der Waals surface area contributed by atoms with Gasteiger partial charge >= 0.3 is 5.97 Å². The van der Waals surface area contributed by atoms with Crippen LogP contribution in [0.5, 0.6) is 0 Å². The van der Waals surface area contributed by atoms with E-state index in [4.69, 9.17) is 5.11 Å². The van der Waals surface area contributed by atoms with Crippen molar-refractivity contribution in [3.05, 3.63) is 12.2 Å². The molecule has 0 bridgehead atoms. The van der Waals surface area contributed by atoms with Crippen LogP contribution in [0.2, 0.25) is 0 Å². The molecular formula is C8H13NO4S. The minimum Gasteiger partial charge on any atom is -0.480 e. The van der Waals surface area contributed by atoms with Crippen LogP contribution >= 0.6 is 12.6 Å². The molecule has 0 radical (unpaired) electrons. The van der Waals surface area contributed by atoms with E-state index < -0.39 is 24.5 Å². The van der Waals surface area contributed by atoms with E-state index in [9.17, 15) is 14.7 Å². The first-order chi connectivity index (χ1) is 6.56. The number of rotatable bonds is 6. The van der Waals surface area contributed by atoms with Gasteiger partial charge in [-0.3, -0.25) is 9.59 Å². The topological polar surface area (TPSA) is 86.6 Å². The number of carbonyl (C=O) groups is 2. The van der Waals surface area contributed by atoms with Crippen LogP contribution in [-0.2, 0) is 9.59 Å². The summed E-state index contributed by atoms with van der Waals surface area (Å²) in [6.45, 7) is -0.429. The highest BCUT2D eigenvalue weighted by Gasteiger charge is 2.08. The summed E-state index contributed by atoms with van der Waals surface area (Å²) in [5.74, 6) is -1.13. The summed E-state index contributed by atoms with van der Waals surface area (Å²) >= 11 is 3.88. The second-order valence-electron chi connectivity index (χ2n) is 2.55. The molecule has 0 aromatic carbocycles. The molecule has 0 spiro atoms. The van der Waals surface area contributed by atoms with E-state index in [2.05, 4.69) is 17.9 Å². The van der Waals surface area contributed by atoms with E-state index in [-0.39, 0.29) is 6.42 Å². The molecule has 0 aliphatic heterocycles. The highest BCUT2D eigenvalue weighted by atomic mass is 32.1. The molecule has 0 saturated heterocycles. The number of aliphatic hydroxyl groups excluding tert-OH is 1. The average Bonchev–Trinajstić information content (AvgIpc) is 2.11. The fourth-order valence-electron chi connectivity index (χ4n) is 0.722. The maximum atomic E-state index is 10.9. The van der Waals surface area contributed by atoms with Gasteiger partial charge in [-0.25, -0.2) is 0 Å². The number of amides is 1. The maximum absolute atomic E-state index is 10.9. The molecule has 0 aromatic heterocycles. The lowest BCUT2D eigenvalue weighted by Gasteiger charge is -2.04. The number of nitrogens with one attached hydrogen (secondary N) is 1. The van der Waals surface area contributed by atoms with Gasteiger partial charge < -0.3 is 15.5 Å². The standard InChI is InChI=1S/C8H13NO4S/c10-6(2-1-3-14)4-7(11)9-5-8(12)13/h1-2,6,10,14H,3-5H2,(H,9,11)(H,12,13)/b2-1+. The molecule has 0 rings (SSSR count). The fraction of sp³-hybridized carbons (Fsp3) is 0.500. The highest BCUT2D eigenvalue weighted by Crippen LogP contribution is 1.94. The summed E-state index contributed by atoms with van der Waals surface area (Å²) in [6, 6.07) is 0. The molecule has 1 amide bonds. The van der Waals surface area contributed by atoms with Crippen LogP contribution in [-0.4, -0.2) is 40.5 Å². The average molecular weight is 219 g/mol. The Labute approximate surface area is 87.2 Å². The van der Waals surface area contributed by atoms with Crippen LogP contribution in [0.25, 0.3) is 0 Å². The zero-order valence-electron chi connectivity index (χ0n) is 7.51. The van der Waals surface area contributed by atoms with Gasteiger partial charge in [0.1, 0.15) is 6.54 Å². The van der Waals surface area contributed by atoms with Crippen molar-refractivity contribution in [2.24, 2.45) is 0 Å². The minimum absolute atomic E-state index is 0.141. The summed E-state index contributed by atoms with van der Waals surface area (Å²) < 4.78 is 0. The van der Waals surface area contributed by atoms with Crippen molar-refractivity contribution < 1.29 is 19.8 Å². The van der Waals surface area contributed by atoms with Gasteiger partial charge in [0.2, 0.25) is 5.91 Å². The van der Waals surface area contributed by atoms with Crippen LogP contribution in [0.3, 0.4) is 0 Å². The van der Waals surface area contributed by atoms with Crippen LogP contribution in [0.1, 0.15) is 6.42 Å². The number of hydrogen-bond donors (Lipinski definition) is 4. The molecule has 80 valence electrons. The van der Waals surface area contributed by atoms with Gasteiger partial charge in [-0.1, -0.05) is 12.2 Å². The quantitative estimate of drug-likeness (QED) is 0.356. The van der Waals surface area contributed by atoms with Crippen LogP contribution < -0.4 is 5.32 Å². The molecule has 0 saturated carbocycles. The highest BCUT2D eigenvalue weighted by molar-refractivity contribution is 7.80. The number of carbonyl (C=O) groups excluding carboxylic acids is 1. The predicted molar refractivity (Wildman–Crippen MR) is 54.3 cm³/mol. The third-order valence-corrected chi connectivity index (χ3v) is 1.51. The van der Waals surface area contributed by atoms with Gasteiger partial charge in [0.25, 0.3) is 0 Å². The zero-order valence-corrected chi connectivity index (χ0v) is 8.41. The first-order valence-electron chi connectivity index (χ1n) is 4.00. The Morgan fingerprint density at radius 1 is 1.50 bits per heavy atom. The zero-order chi connectivity index (χ0) is 11.0. The molecule has 0 aliphatic rings. The maximum Gasteiger partial charge on any atom is 0.322 e. The third kappa shape index (κ3) is 7.63. The van der Waals surface area contributed by atoms with E-state index in [0.717, 1.165) is 0 Å². The fourth-order valence-corrected chi connectivity index (χ4v) is 0.844. The summed E-state index contributed by atoms with van der Waals surface area (Å²) in [4.78, 5) is 21.0. The van der Waals surface area contributed by atoms with Crippen molar-refractivity contribution in [3.63, 3.8) is 0 Å². The Kier molecular flexibility index (Phi) is 6.87. The third-order valence-electron chi connectivity index (χ3n) is 1.29. The lowest BCUT2D eigenvalue weighted by molar-refractivity contribution is -0.138. The van der Waals surface area contributed by atoms with Gasteiger partial charge in [-0.15, -0.1) is 0 Å². The number of carboxylic acid groups (broad SMARTS) is 1. The number of aliphatic carboxylic acids is 1. The van der Waals surface area contributed by atoms with Gasteiger partial charge in [-0.2, -0.15) is 12.6 Å². The first-order valence-corrected chi connectivity index (χ1v) is 4.63. The van der Waals surface area contributed by atoms with Gasteiger partial charge in [0.15, 0.2) is 0 Å². The Morgan fingerprint density at radius 3 is 2.64 bits per heavy atom. The van der Waals surface area contributed by atoms with Crippen LogP contribution in [0, 0.1) is 0 Å². The van der Waals surface area contributed by atoms with E-state index in [1.807, 2.05) is 0 Å². The van der Waals surface area contributed by atoms with Crippen molar-refractivity contribution in [2.45, 2.75) is 12.5 Å². The molecule has 14 heavy (non-hydrogen) atoms. The van der Waals surface area contributed by atoms with E-state index in [1.165, 1.54) is 6.08 Å². The first kappa shape index (κ1) is 13.0. The predicted octanol–water partition coefficient (Wildman–Crippen LogP) is -0.576. The summed E-state index contributed by atoms with van der Waals surface area (Å²) in [5, 5.41) is 19.6. The lowest BCUT2D eigenvalue weighted by atomic mass is 10.2. The van der Waals surface area contributed by atoms with Crippen molar-refractivity contribution in [1.82, 2.24) is 5.32 Å². The van der Waals surface area contributed by atoms with Crippen molar-refractivity contribution in [2.75, 3.05) is 12.3 Å². The number of aliphatic hydroxyl groups is 1. The van der Waals surface area contributed by atoms with E-state index in [0.29, 0.717) is 5.75 Å². The smallest absolute Gasteiger partial charge is 0.322 e. The van der Waals surface area contributed by atoms with E-state index >= 15 is 0 Å². The second kappa shape index (κ2) is 7.40. The monoisotopic (exact) mass is 219 g/mol. The largest absolute Gasteiger partial charge is 0.480 e. The molecule has 6 heteroatoms. The SMILES string of the molecule is O=C(O)CNC(=O)CC(O)/C=C/CS. The Bertz CT molecular complexity index is 229. The number of carboxylic acids is 1. The summed E-state index contributed by atoms with van der Waals surface area (Å²) in [5.41, 5.74) is 0. The number of hydrogen-bond acceptors (Lipinski definition) is 4. The Balaban J connectivity index is 3.71. The van der Waals surface area contributed by atoms with Gasteiger partial charge in [-0.05, 0) is 0 Å². The Morgan fingerprint density at radius 2 is 2.14 bits per heavy atom. The Hall–Kier alpha value is -1.01. The summed E-state index contributed by atoms with van der Waals surface area (Å²) in [7, 11) is 0. The van der Waals surface area contributed by atoms with Crippen LogP contribution in [0.4, 0.5) is 0 Å².